The SMILES string of the molecule is N#CC(C#N)=C1/C(=C\N)C(=O)c2cscc21. The molecule has 0 saturated carbocycles. The average Bonchev–Trinajstić information content (AvgIpc) is 2.85. The number of thiophene rings is 1. The molecule has 0 spiro atoms. The van der Waals surface area contributed by atoms with Crippen LogP contribution in [0.5, 0.6) is 0 Å². The number of ketones is 1. The van der Waals surface area contributed by atoms with Crippen molar-refractivity contribution >= 4 is 22.7 Å². The van der Waals surface area contributed by atoms with Crippen molar-refractivity contribution in [2.24, 2.45) is 5.73 Å². The lowest BCUT2D eigenvalue weighted by atomic mass is 10.0. The van der Waals surface area contributed by atoms with Gasteiger partial charge in [0.15, 0.2) is 5.78 Å². The molecule has 1 aliphatic carbocycles. The molecule has 16 heavy (non-hydrogen) atoms. The normalized spacial score (nSPS) is 15.8. The molecule has 0 amide bonds. The first kappa shape index (κ1) is 10.2. The van der Waals surface area contributed by atoms with E-state index in [4.69, 9.17) is 16.3 Å². The van der Waals surface area contributed by atoms with Gasteiger partial charge in [0.05, 0.1) is 0 Å². The molecule has 1 heterocycles. The largest absolute Gasteiger partial charge is 0.404 e. The van der Waals surface area contributed by atoms with Crippen molar-refractivity contribution in [2.45, 2.75) is 0 Å². The number of hydrogen-bond acceptors (Lipinski definition) is 5. The standard InChI is InChI=1S/C11H5N3OS/c12-1-6(2-13)10-7(3-14)11(15)9-5-16-4-8(9)10/h3-5H,14H2/b7-3+. The van der Waals surface area contributed by atoms with Gasteiger partial charge in [-0.05, 0) is 5.38 Å². The van der Waals surface area contributed by atoms with Gasteiger partial charge < -0.3 is 5.73 Å². The molecule has 4 nitrogen and oxygen atoms in total. The number of Topliss-reactive ketones (excluding diaryl/α,β-unsaturated/α-hetero) is 1. The van der Waals surface area contributed by atoms with E-state index in [-0.39, 0.29) is 16.9 Å². The van der Waals surface area contributed by atoms with Gasteiger partial charge >= 0.3 is 0 Å². The third-order valence-electron chi connectivity index (χ3n) is 2.33. The van der Waals surface area contributed by atoms with Crippen molar-refractivity contribution in [3.05, 3.63) is 39.2 Å². The minimum Gasteiger partial charge on any atom is -0.404 e. The summed E-state index contributed by atoms with van der Waals surface area (Å²) in [7, 11) is 0. The van der Waals surface area contributed by atoms with Crippen LogP contribution in [0, 0.1) is 22.7 Å². The number of fused-ring (bicyclic) bond motifs is 1. The van der Waals surface area contributed by atoms with E-state index in [1.807, 2.05) is 0 Å². The number of rotatable bonds is 0. The van der Waals surface area contributed by atoms with Gasteiger partial charge in [0, 0.05) is 33.9 Å². The molecule has 0 aromatic carbocycles. The van der Waals surface area contributed by atoms with Gasteiger partial charge in [-0.1, -0.05) is 0 Å². The molecule has 1 aliphatic rings. The smallest absolute Gasteiger partial charge is 0.196 e. The molecule has 76 valence electrons. The second kappa shape index (κ2) is 3.65. The minimum atomic E-state index is -0.225. The summed E-state index contributed by atoms with van der Waals surface area (Å²) in [4.78, 5) is 11.8. The van der Waals surface area contributed by atoms with Gasteiger partial charge in [-0.3, -0.25) is 4.79 Å². The maximum Gasteiger partial charge on any atom is 0.196 e. The van der Waals surface area contributed by atoms with E-state index in [1.165, 1.54) is 11.3 Å². The van der Waals surface area contributed by atoms with E-state index in [0.717, 1.165) is 6.20 Å². The molecule has 0 fully saturated rings. The molecule has 1 aromatic heterocycles. The zero-order valence-electron chi connectivity index (χ0n) is 8.02. The van der Waals surface area contributed by atoms with Crippen molar-refractivity contribution in [3.63, 3.8) is 0 Å². The highest BCUT2D eigenvalue weighted by Gasteiger charge is 2.32. The number of hydrogen-bond donors (Lipinski definition) is 1. The fourth-order valence-corrected chi connectivity index (χ4v) is 2.45. The molecule has 0 unspecified atom stereocenters. The lowest BCUT2D eigenvalue weighted by Crippen LogP contribution is -1.98. The molecular weight excluding hydrogens is 222 g/mol. The van der Waals surface area contributed by atoms with Gasteiger partial charge in [0.25, 0.3) is 0 Å². The van der Waals surface area contributed by atoms with Crippen LogP contribution in [0.1, 0.15) is 15.9 Å². The molecule has 1 aromatic rings. The van der Waals surface area contributed by atoms with Crippen molar-refractivity contribution in [2.75, 3.05) is 0 Å². The molecule has 2 N–H and O–H groups in total. The Morgan fingerprint density at radius 2 is 1.94 bits per heavy atom. The van der Waals surface area contributed by atoms with Crippen LogP contribution in [0.2, 0.25) is 0 Å². The Bertz CT molecular complexity index is 606. The van der Waals surface area contributed by atoms with E-state index in [1.54, 1.807) is 22.9 Å². The lowest BCUT2D eigenvalue weighted by Gasteiger charge is -1.98. The zero-order valence-corrected chi connectivity index (χ0v) is 8.84. The molecule has 0 aliphatic heterocycles. The number of allylic oxidation sites excluding steroid dienone is 3. The van der Waals surface area contributed by atoms with E-state index >= 15 is 0 Å². The van der Waals surface area contributed by atoms with E-state index < -0.39 is 0 Å². The van der Waals surface area contributed by atoms with Crippen LogP contribution in [0.25, 0.3) is 5.57 Å². The van der Waals surface area contributed by atoms with Crippen molar-refractivity contribution in [1.29, 1.82) is 10.5 Å². The molecule has 0 bridgehead atoms. The second-order valence-electron chi connectivity index (χ2n) is 3.08. The van der Waals surface area contributed by atoms with Crippen molar-refractivity contribution in [1.82, 2.24) is 0 Å². The highest BCUT2D eigenvalue weighted by Crippen LogP contribution is 2.40. The minimum absolute atomic E-state index is 0.0813. The highest BCUT2D eigenvalue weighted by molar-refractivity contribution is 7.08. The van der Waals surface area contributed by atoms with Gasteiger partial charge in [-0.2, -0.15) is 21.9 Å². The number of carbonyl (C=O) groups is 1. The molecule has 2 rings (SSSR count). The molecule has 0 radical (unpaired) electrons. The third-order valence-corrected chi connectivity index (χ3v) is 3.07. The molecule has 0 atom stereocenters. The van der Waals surface area contributed by atoms with E-state index in [0.29, 0.717) is 16.7 Å². The summed E-state index contributed by atoms with van der Waals surface area (Å²) in [6.45, 7) is 0. The first-order valence-electron chi connectivity index (χ1n) is 4.32. The summed E-state index contributed by atoms with van der Waals surface area (Å²) in [5.74, 6) is -0.225. The van der Waals surface area contributed by atoms with Crippen molar-refractivity contribution in [3.8, 4) is 12.1 Å². The Hall–Kier alpha value is -2.37. The lowest BCUT2D eigenvalue weighted by molar-refractivity contribution is 0.104. The highest BCUT2D eigenvalue weighted by atomic mass is 32.1. The first-order chi connectivity index (χ1) is 7.74. The summed E-state index contributed by atoms with van der Waals surface area (Å²) in [6.07, 6.45) is 1.15. The summed E-state index contributed by atoms with van der Waals surface area (Å²) in [6, 6.07) is 3.57. The second-order valence-corrected chi connectivity index (χ2v) is 3.83. The Morgan fingerprint density at radius 1 is 1.31 bits per heavy atom. The number of nitrogens with two attached hydrogens (primary N) is 1. The van der Waals surface area contributed by atoms with Crippen LogP contribution in [-0.4, -0.2) is 5.78 Å². The number of nitrogens with zero attached hydrogens (tertiary/aromatic N) is 2. The van der Waals surface area contributed by atoms with Gasteiger partial charge in [0.2, 0.25) is 0 Å². The topological polar surface area (TPSA) is 90.7 Å². The van der Waals surface area contributed by atoms with Crippen LogP contribution < -0.4 is 5.73 Å². The zero-order chi connectivity index (χ0) is 11.7. The summed E-state index contributed by atoms with van der Waals surface area (Å²) >= 11 is 1.36. The summed E-state index contributed by atoms with van der Waals surface area (Å²) in [5, 5.41) is 21.1. The van der Waals surface area contributed by atoms with Crippen LogP contribution in [0.15, 0.2) is 28.1 Å². The molecule has 5 heteroatoms. The van der Waals surface area contributed by atoms with Crippen LogP contribution in [0.3, 0.4) is 0 Å². The Kier molecular flexibility index (Phi) is 2.32. The number of carbonyl (C=O) groups excluding carboxylic acids is 1. The molecular formula is C11H5N3OS. The van der Waals surface area contributed by atoms with Crippen LogP contribution in [-0.2, 0) is 0 Å². The number of nitriles is 2. The Morgan fingerprint density at radius 3 is 2.50 bits per heavy atom. The maximum atomic E-state index is 11.8. The fourth-order valence-electron chi connectivity index (χ4n) is 1.64. The van der Waals surface area contributed by atoms with Crippen molar-refractivity contribution < 1.29 is 4.79 Å². The predicted molar refractivity (Wildman–Crippen MR) is 59.1 cm³/mol. The van der Waals surface area contributed by atoms with Gasteiger partial charge in [-0.25, -0.2) is 0 Å². The maximum absolute atomic E-state index is 11.8. The monoisotopic (exact) mass is 227 g/mol. The van der Waals surface area contributed by atoms with E-state index in [2.05, 4.69) is 0 Å². The van der Waals surface area contributed by atoms with E-state index in [9.17, 15) is 4.79 Å². The third kappa shape index (κ3) is 1.16. The molecule has 0 saturated heterocycles. The quantitative estimate of drug-likeness (QED) is 0.538. The van der Waals surface area contributed by atoms with Gasteiger partial charge in [0.1, 0.15) is 17.7 Å². The first-order valence-corrected chi connectivity index (χ1v) is 5.26. The summed E-state index contributed by atoms with van der Waals surface area (Å²) < 4.78 is 0. The predicted octanol–water partition coefficient (Wildman–Crippen LogP) is 1.59. The van der Waals surface area contributed by atoms with Crippen LogP contribution >= 0.6 is 11.3 Å². The average molecular weight is 227 g/mol. The Labute approximate surface area is 95.5 Å². The summed E-state index contributed by atoms with van der Waals surface area (Å²) in [5.41, 5.74) is 7.02. The van der Waals surface area contributed by atoms with Gasteiger partial charge in [-0.15, -0.1) is 0 Å². The van der Waals surface area contributed by atoms with Crippen LogP contribution in [0.4, 0.5) is 0 Å². The fraction of sp³-hybridized carbons (Fsp3) is 0. The Balaban J connectivity index is 2.83.